The Kier molecular flexibility index (Phi) is 3.56. The van der Waals surface area contributed by atoms with Crippen molar-refractivity contribution in [3.8, 4) is 0 Å². The van der Waals surface area contributed by atoms with Gasteiger partial charge in [0, 0.05) is 17.8 Å². The normalized spacial score (nSPS) is 15.2. The van der Waals surface area contributed by atoms with Gasteiger partial charge in [0.1, 0.15) is 0 Å². The zero-order chi connectivity index (χ0) is 11.4. The predicted molar refractivity (Wildman–Crippen MR) is 65.9 cm³/mol. The molecule has 5 heteroatoms. The molecule has 1 heterocycles. The monoisotopic (exact) mass is 237 g/mol. The van der Waals surface area contributed by atoms with Crippen LogP contribution in [0.15, 0.2) is 18.0 Å². The van der Waals surface area contributed by atoms with Crippen molar-refractivity contribution in [3.05, 3.63) is 23.7 Å². The van der Waals surface area contributed by atoms with Gasteiger partial charge in [-0.3, -0.25) is 5.32 Å². The van der Waals surface area contributed by atoms with E-state index in [1.807, 2.05) is 5.38 Å². The highest BCUT2D eigenvalue weighted by Gasteiger charge is 2.22. The van der Waals surface area contributed by atoms with E-state index < -0.39 is 0 Å². The number of nitrogens with zero attached hydrogens (tertiary/aromatic N) is 1. The predicted octanol–water partition coefficient (Wildman–Crippen LogP) is 2.72. The van der Waals surface area contributed by atoms with Gasteiger partial charge < -0.3 is 5.32 Å². The lowest BCUT2D eigenvalue weighted by atomic mass is 9.83. The first kappa shape index (κ1) is 11.1. The van der Waals surface area contributed by atoms with Crippen LogP contribution in [0, 0.1) is 0 Å². The minimum atomic E-state index is -0.227. The van der Waals surface area contributed by atoms with Crippen LogP contribution in [0.25, 0.3) is 0 Å². The summed E-state index contributed by atoms with van der Waals surface area (Å²) in [6.07, 6.45) is 5.39. The Labute approximate surface area is 98.8 Å². The number of aromatic nitrogens is 1. The van der Waals surface area contributed by atoms with Crippen molar-refractivity contribution in [3.63, 3.8) is 0 Å². The summed E-state index contributed by atoms with van der Waals surface area (Å²) in [7, 11) is 0. The van der Waals surface area contributed by atoms with Gasteiger partial charge in [0.05, 0.1) is 5.69 Å². The third-order valence-corrected chi connectivity index (χ3v) is 3.45. The number of rotatable bonds is 4. The molecule has 4 nitrogen and oxygen atoms in total. The smallest absolute Gasteiger partial charge is 0.321 e. The minimum Gasteiger partial charge on any atom is -0.334 e. The molecule has 1 aromatic rings. The van der Waals surface area contributed by atoms with Crippen LogP contribution in [0.1, 0.15) is 30.9 Å². The Morgan fingerprint density at radius 3 is 3.12 bits per heavy atom. The third kappa shape index (κ3) is 2.61. The van der Waals surface area contributed by atoms with E-state index in [0.29, 0.717) is 17.6 Å². The van der Waals surface area contributed by atoms with Crippen LogP contribution in [0.2, 0.25) is 0 Å². The molecule has 0 atom stereocenters. The van der Waals surface area contributed by atoms with Crippen molar-refractivity contribution < 1.29 is 4.79 Å². The third-order valence-electron chi connectivity index (χ3n) is 2.67. The van der Waals surface area contributed by atoms with Gasteiger partial charge in [0.15, 0.2) is 5.13 Å². The fourth-order valence-corrected chi connectivity index (χ4v) is 2.33. The van der Waals surface area contributed by atoms with Gasteiger partial charge in [-0.05, 0) is 12.8 Å². The van der Waals surface area contributed by atoms with E-state index in [1.54, 1.807) is 6.08 Å². The zero-order valence-corrected chi connectivity index (χ0v) is 9.85. The first-order valence-corrected chi connectivity index (χ1v) is 6.28. The molecule has 2 N–H and O–H groups in total. The average Bonchev–Trinajstić information content (AvgIpc) is 2.60. The van der Waals surface area contributed by atoms with Crippen LogP contribution in [0.5, 0.6) is 0 Å². The first-order valence-electron chi connectivity index (χ1n) is 5.41. The van der Waals surface area contributed by atoms with Gasteiger partial charge in [-0.25, -0.2) is 9.78 Å². The van der Waals surface area contributed by atoms with Crippen LogP contribution in [0.3, 0.4) is 0 Å². The SMILES string of the molecule is C=CCNC(=O)Nc1nc(C2CCC2)cs1. The van der Waals surface area contributed by atoms with Gasteiger partial charge in [-0.15, -0.1) is 17.9 Å². The van der Waals surface area contributed by atoms with Gasteiger partial charge in [0.2, 0.25) is 0 Å². The Balaban J connectivity index is 1.86. The second kappa shape index (κ2) is 5.12. The highest BCUT2D eigenvalue weighted by Crippen LogP contribution is 2.37. The van der Waals surface area contributed by atoms with Gasteiger partial charge in [0.25, 0.3) is 0 Å². The summed E-state index contributed by atoms with van der Waals surface area (Å²) >= 11 is 1.48. The molecule has 0 saturated heterocycles. The molecule has 1 saturated carbocycles. The maximum absolute atomic E-state index is 11.3. The van der Waals surface area contributed by atoms with Gasteiger partial charge >= 0.3 is 6.03 Å². The fraction of sp³-hybridized carbons (Fsp3) is 0.455. The van der Waals surface area contributed by atoms with E-state index in [2.05, 4.69) is 22.2 Å². The van der Waals surface area contributed by atoms with Crippen LogP contribution < -0.4 is 10.6 Å². The van der Waals surface area contributed by atoms with Crippen LogP contribution in [-0.2, 0) is 0 Å². The molecule has 0 unspecified atom stereocenters. The number of amides is 2. The molecule has 1 fully saturated rings. The number of carbonyl (C=O) groups excluding carboxylic acids is 1. The van der Waals surface area contributed by atoms with Crippen molar-refractivity contribution in [2.45, 2.75) is 25.2 Å². The molecule has 1 aliphatic carbocycles. The Morgan fingerprint density at radius 2 is 2.50 bits per heavy atom. The van der Waals surface area contributed by atoms with Gasteiger partial charge in [-0.2, -0.15) is 0 Å². The molecule has 0 radical (unpaired) electrons. The molecule has 2 amide bonds. The van der Waals surface area contributed by atoms with Crippen molar-refractivity contribution >= 4 is 22.5 Å². The topological polar surface area (TPSA) is 54.0 Å². The summed E-state index contributed by atoms with van der Waals surface area (Å²) in [5.41, 5.74) is 1.12. The fourth-order valence-electron chi connectivity index (χ4n) is 1.54. The van der Waals surface area contributed by atoms with E-state index in [0.717, 1.165) is 5.69 Å². The van der Waals surface area contributed by atoms with Crippen molar-refractivity contribution in [1.29, 1.82) is 0 Å². The second-order valence-electron chi connectivity index (χ2n) is 3.83. The number of thiazole rings is 1. The lowest BCUT2D eigenvalue weighted by Gasteiger charge is -2.22. The summed E-state index contributed by atoms with van der Waals surface area (Å²) in [4.78, 5) is 15.7. The largest absolute Gasteiger partial charge is 0.334 e. The van der Waals surface area contributed by atoms with Crippen LogP contribution in [0.4, 0.5) is 9.93 Å². The van der Waals surface area contributed by atoms with Gasteiger partial charge in [-0.1, -0.05) is 12.5 Å². The van der Waals surface area contributed by atoms with E-state index in [4.69, 9.17) is 0 Å². The number of hydrogen-bond donors (Lipinski definition) is 2. The highest BCUT2D eigenvalue weighted by molar-refractivity contribution is 7.13. The molecule has 16 heavy (non-hydrogen) atoms. The summed E-state index contributed by atoms with van der Waals surface area (Å²) in [6.45, 7) is 4.00. The zero-order valence-electron chi connectivity index (χ0n) is 9.03. The molecule has 1 aliphatic rings. The molecular formula is C11H15N3OS. The average molecular weight is 237 g/mol. The molecule has 0 aromatic carbocycles. The number of carbonyl (C=O) groups is 1. The second-order valence-corrected chi connectivity index (χ2v) is 4.69. The van der Waals surface area contributed by atoms with E-state index >= 15 is 0 Å². The lowest BCUT2D eigenvalue weighted by molar-refractivity contribution is 0.253. The number of anilines is 1. The number of hydrogen-bond acceptors (Lipinski definition) is 3. The minimum absolute atomic E-state index is 0.227. The standard InChI is InChI=1S/C11H15N3OS/c1-2-6-12-10(15)14-11-13-9(7-16-11)8-4-3-5-8/h2,7-8H,1,3-6H2,(H2,12,13,14,15). The molecule has 0 spiro atoms. The first-order chi connectivity index (χ1) is 7.79. The lowest BCUT2D eigenvalue weighted by Crippen LogP contribution is -2.28. The van der Waals surface area contributed by atoms with E-state index in [1.165, 1.54) is 30.6 Å². The molecule has 86 valence electrons. The maximum atomic E-state index is 11.3. The van der Waals surface area contributed by atoms with Crippen LogP contribution in [-0.4, -0.2) is 17.6 Å². The summed E-state index contributed by atoms with van der Waals surface area (Å²) < 4.78 is 0. The molecule has 2 rings (SSSR count). The number of nitrogens with one attached hydrogen (secondary N) is 2. The highest BCUT2D eigenvalue weighted by atomic mass is 32.1. The number of urea groups is 1. The molecular weight excluding hydrogens is 222 g/mol. The van der Waals surface area contributed by atoms with Crippen molar-refractivity contribution in [1.82, 2.24) is 10.3 Å². The van der Waals surface area contributed by atoms with Crippen molar-refractivity contribution in [2.75, 3.05) is 11.9 Å². The Bertz CT molecular complexity index is 384. The van der Waals surface area contributed by atoms with Crippen LogP contribution >= 0.6 is 11.3 Å². The summed E-state index contributed by atoms with van der Waals surface area (Å²) in [5, 5.41) is 8.06. The molecule has 0 bridgehead atoms. The molecule has 0 aliphatic heterocycles. The van der Waals surface area contributed by atoms with E-state index in [9.17, 15) is 4.79 Å². The Hall–Kier alpha value is -1.36. The molecule has 1 aromatic heterocycles. The van der Waals surface area contributed by atoms with Crippen molar-refractivity contribution in [2.24, 2.45) is 0 Å². The summed E-state index contributed by atoms with van der Waals surface area (Å²) in [5.74, 6) is 0.614. The maximum Gasteiger partial charge on any atom is 0.321 e. The quantitative estimate of drug-likeness (QED) is 0.791. The van der Waals surface area contributed by atoms with E-state index in [-0.39, 0.29) is 6.03 Å². The Morgan fingerprint density at radius 1 is 1.69 bits per heavy atom. The summed E-state index contributed by atoms with van der Waals surface area (Å²) in [6, 6.07) is -0.227.